The average Bonchev–Trinajstić information content (AvgIpc) is 2.16. The predicted octanol–water partition coefficient (Wildman–Crippen LogP) is 1.20. The molecule has 0 saturated heterocycles. The van der Waals surface area contributed by atoms with Gasteiger partial charge in [-0.2, -0.15) is 4.98 Å². The number of anilines is 2. The third kappa shape index (κ3) is 3.04. The van der Waals surface area contributed by atoms with Crippen molar-refractivity contribution in [1.29, 1.82) is 0 Å². The van der Waals surface area contributed by atoms with E-state index in [9.17, 15) is 8.78 Å². The topological polar surface area (TPSA) is 75.9 Å². The molecular weight excluding hydrogens is 260 g/mol. The molecule has 0 aromatic carbocycles. The molecule has 0 spiro atoms. The summed E-state index contributed by atoms with van der Waals surface area (Å²) in [5, 5.41) is 2.44. The second-order valence-corrected chi connectivity index (χ2v) is 3.16. The minimum absolute atomic E-state index is 0.157. The zero-order valence-corrected chi connectivity index (χ0v) is 8.55. The molecule has 78 valence electrons. The highest BCUT2D eigenvalue weighted by molar-refractivity contribution is 9.10. The first-order valence-electron chi connectivity index (χ1n) is 3.64. The zero-order valence-electron chi connectivity index (χ0n) is 6.97. The number of hydrazine groups is 1. The van der Waals surface area contributed by atoms with Crippen LogP contribution in [0.15, 0.2) is 10.7 Å². The maximum absolute atomic E-state index is 11.9. The third-order valence-corrected chi connectivity index (χ3v) is 1.88. The first-order valence-corrected chi connectivity index (χ1v) is 4.44. The molecule has 0 unspecified atom stereocenters. The molecule has 0 bridgehead atoms. The smallest absolute Gasteiger partial charge is 0.255 e. The second-order valence-electron chi connectivity index (χ2n) is 2.31. The van der Waals surface area contributed by atoms with Crippen LogP contribution in [-0.4, -0.2) is 22.9 Å². The molecule has 0 radical (unpaired) electrons. The van der Waals surface area contributed by atoms with Crippen molar-refractivity contribution in [3.8, 4) is 0 Å². The van der Waals surface area contributed by atoms with Gasteiger partial charge in [-0.05, 0) is 15.9 Å². The van der Waals surface area contributed by atoms with Crippen LogP contribution >= 0.6 is 15.9 Å². The van der Waals surface area contributed by atoms with Gasteiger partial charge in [-0.15, -0.1) is 0 Å². The van der Waals surface area contributed by atoms with Gasteiger partial charge in [0, 0.05) is 6.20 Å². The summed E-state index contributed by atoms with van der Waals surface area (Å²) in [4.78, 5) is 7.59. The predicted molar refractivity (Wildman–Crippen MR) is 52.0 cm³/mol. The summed E-state index contributed by atoms with van der Waals surface area (Å²) in [6.07, 6.45) is -1.03. The highest BCUT2D eigenvalue weighted by Crippen LogP contribution is 2.19. The molecule has 4 N–H and O–H groups in total. The number of nitrogens with zero attached hydrogens (tertiary/aromatic N) is 2. The lowest BCUT2D eigenvalue weighted by molar-refractivity contribution is 0.163. The molecule has 0 aliphatic carbocycles. The molecule has 1 aromatic rings. The van der Waals surface area contributed by atoms with Gasteiger partial charge in [0.2, 0.25) is 5.95 Å². The van der Waals surface area contributed by atoms with Crippen molar-refractivity contribution in [1.82, 2.24) is 9.97 Å². The SMILES string of the molecule is NNc1ncc(Br)c(NCC(F)F)n1. The van der Waals surface area contributed by atoms with Crippen molar-refractivity contribution in [3.05, 3.63) is 10.7 Å². The van der Waals surface area contributed by atoms with Gasteiger partial charge in [-0.1, -0.05) is 0 Å². The maximum atomic E-state index is 11.9. The van der Waals surface area contributed by atoms with Gasteiger partial charge >= 0.3 is 0 Å². The molecule has 1 rings (SSSR count). The molecule has 0 aliphatic heterocycles. The third-order valence-electron chi connectivity index (χ3n) is 1.30. The van der Waals surface area contributed by atoms with Gasteiger partial charge < -0.3 is 5.32 Å². The van der Waals surface area contributed by atoms with Crippen molar-refractivity contribution in [2.75, 3.05) is 17.3 Å². The molecule has 0 fully saturated rings. The average molecular weight is 268 g/mol. The quantitative estimate of drug-likeness (QED) is 0.565. The number of nitrogens with two attached hydrogens (primary N) is 1. The summed E-state index contributed by atoms with van der Waals surface area (Å²) >= 11 is 3.11. The Bertz CT molecular complexity index is 308. The Kier molecular flexibility index (Phi) is 3.96. The van der Waals surface area contributed by atoms with Crippen LogP contribution in [0.3, 0.4) is 0 Å². The molecule has 0 aliphatic rings. The summed E-state index contributed by atoms with van der Waals surface area (Å²) in [6.45, 7) is -0.473. The van der Waals surface area contributed by atoms with Crippen LogP contribution in [0.4, 0.5) is 20.5 Å². The molecule has 1 heterocycles. The lowest BCUT2D eigenvalue weighted by atomic mass is 10.5. The lowest BCUT2D eigenvalue weighted by Crippen LogP contribution is -2.15. The van der Waals surface area contributed by atoms with Crippen LogP contribution in [0, 0.1) is 0 Å². The molecular formula is C6H8BrF2N5. The summed E-state index contributed by atoms with van der Waals surface area (Å²) in [6, 6.07) is 0. The molecule has 0 atom stereocenters. The number of nitrogen functional groups attached to an aromatic ring is 1. The largest absolute Gasteiger partial charge is 0.363 e. The number of halogens is 3. The first-order chi connectivity index (χ1) is 6.63. The Labute approximate surface area is 87.2 Å². The normalized spacial score (nSPS) is 10.4. The van der Waals surface area contributed by atoms with Crippen molar-refractivity contribution < 1.29 is 8.78 Å². The van der Waals surface area contributed by atoms with Crippen LogP contribution in [0.25, 0.3) is 0 Å². The monoisotopic (exact) mass is 267 g/mol. The van der Waals surface area contributed by atoms with E-state index in [1.165, 1.54) is 6.20 Å². The fourth-order valence-electron chi connectivity index (χ4n) is 0.734. The number of nitrogens with one attached hydrogen (secondary N) is 2. The fourth-order valence-corrected chi connectivity index (χ4v) is 1.07. The molecule has 5 nitrogen and oxygen atoms in total. The van der Waals surface area contributed by atoms with Gasteiger partial charge in [0.25, 0.3) is 6.43 Å². The van der Waals surface area contributed by atoms with Crippen molar-refractivity contribution >= 4 is 27.7 Å². The fraction of sp³-hybridized carbons (Fsp3) is 0.333. The van der Waals surface area contributed by atoms with E-state index in [0.29, 0.717) is 4.47 Å². The van der Waals surface area contributed by atoms with Crippen LogP contribution < -0.4 is 16.6 Å². The summed E-state index contributed by atoms with van der Waals surface area (Å²) in [5.74, 6) is 5.49. The van der Waals surface area contributed by atoms with Crippen LogP contribution in [-0.2, 0) is 0 Å². The summed E-state index contributed by atoms with van der Waals surface area (Å²) in [7, 11) is 0. The molecule has 14 heavy (non-hydrogen) atoms. The Balaban J connectivity index is 2.73. The van der Waals surface area contributed by atoms with Gasteiger partial charge in [-0.3, -0.25) is 5.43 Å². The minimum atomic E-state index is -2.44. The van der Waals surface area contributed by atoms with Crippen molar-refractivity contribution in [2.24, 2.45) is 5.84 Å². The van der Waals surface area contributed by atoms with Gasteiger partial charge in [0.1, 0.15) is 5.82 Å². The van der Waals surface area contributed by atoms with Gasteiger partial charge in [0.15, 0.2) is 0 Å². The van der Waals surface area contributed by atoms with Gasteiger partial charge in [-0.25, -0.2) is 19.6 Å². The summed E-state index contributed by atoms with van der Waals surface area (Å²) in [5.41, 5.74) is 2.21. The van der Waals surface area contributed by atoms with E-state index >= 15 is 0 Å². The standard InChI is InChI=1S/C6H8BrF2N5/c7-3-1-12-6(14-10)13-5(3)11-2-4(8)9/h1,4H,2,10H2,(H2,11,12,13,14). The van der Waals surface area contributed by atoms with E-state index in [4.69, 9.17) is 5.84 Å². The Morgan fingerprint density at radius 3 is 2.86 bits per heavy atom. The number of aromatic nitrogens is 2. The van der Waals surface area contributed by atoms with Crippen molar-refractivity contribution in [2.45, 2.75) is 6.43 Å². The van der Waals surface area contributed by atoms with E-state index in [-0.39, 0.29) is 11.8 Å². The zero-order chi connectivity index (χ0) is 10.6. The lowest BCUT2D eigenvalue weighted by Gasteiger charge is -2.07. The highest BCUT2D eigenvalue weighted by Gasteiger charge is 2.07. The molecule has 0 saturated carbocycles. The second kappa shape index (κ2) is 5.01. The highest BCUT2D eigenvalue weighted by atomic mass is 79.9. The van der Waals surface area contributed by atoms with Crippen LogP contribution in [0.2, 0.25) is 0 Å². The van der Waals surface area contributed by atoms with E-state index in [2.05, 4.69) is 36.6 Å². The molecule has 8 heteroatoms. The molecule has 1 aromatic heterocycles. The van der Waals surface area contributed by atoms with Crippen LogP contribution in [0.1, 0.15) is 0 Å². The van der Waals surface area contributed by atoms with E-state index < -0.39 is 13.0 Å². The number of hydrogen-bond donors (Lipinski definition) is 3. The van der Waals surface area contributed by atoms with Crippen LogP contribution in [0.5, 0.6) is 0 Å². The number of rotatable bonds is 4. The van der Waals surface area contributed by atoms with E-state index in [1.807, 2.05) is 0 Å². The Morgan fingerprint density at radius 1 is 1.57 bits per heavy atom. The summed E-state index contributed by atoms with van der Waals surface area (Å²) < 4.78 is 24.2. The van der Waals surface area contributed by atoms with E-state index in [1.54, 1.807) is 0 Å². The Hall–Kier alpha value is -1.02. The molecule has 0 amide bonds. The maximum Gasteiger partial charge on any atom is 0.255 e. The first kappa shape index (κ1) is 11.1. The van der Waals surface area contributed by atoms with Crippen molar-refractivity contribution in [3.63, 3.8) is 0 Å². The minimum Gasteiger partial charge on any atom is -0.363 e. The number of hydrogen-bond acceptors (Lipinski definition) is 5. The van der Waals surface area contributed by atoms with E-state index in [0.717, 1.165) is 0 Å². The Morgan fingerprint density at radius 2 is 2.29 bits per heavy atom. The van der Waals surface area contributed by atoms with Gasteiger partial charge in [0.05, 0.1) is 11.0 Å². The number of alkyl halides is 2.